The van der Waals surface area contributed by atoms with Gasteiger partial charge in [0.1, 0.15) is 0 Å². The predicted molar refractivity (Wildman–Crippen MR) is 91.2 cm³/mol. The molecule has 0 saturated carbocycles. The van der Waals surface area contributed by atoms with Gasteiger partial charge in [-0.1, -0.05) is 37.6 Å². The largest absolute Gasteiger partial charge is 0.388 e. The highest BCUT2D eigenvalue weighted by Gasteiger charge is 2.07. The third kappa shape index (κ3) is 4.96. The van der Waals surface area contributed by atoms with Crippen LogP contribution in [-0.2, 0) is 12.8 Å². The van der Waals surface area contributed by atoms with Gasteiger partial charge in [0, 0.05) is 32.0 Å². The fraction of sp³-hybridized carbons (Fsp3) is 0.474. The molecule has 0 amide bonds. The van der Waals surface area contributed by atoms with Crippen LogP contribution in [0.25, 0.3) is 0 Å². The number of nitrogens with zero attached hydrogens (tertiary/aromatic N) is 1. The van der Waals surface area contributed by atoms with Crippen LogP contribution in [-0.4, -0.2) is 25.5 Å². The van der Waals surface area contributed by atoms with E-state index in [-0.39, 0.29) is 0 Å². The number of allylic oxidation sites excluding steroid dienone is 4. The maximum atomic E-state index is 3.57. The van der Waals surface area contributed by atoms with Gasteiger partial charge in [-0.2, -0.15) is 0 Å². The lowest BCUT2D eigenvalue weighted by atomic mass is 10.1. The molecule has 0 aliphatic heterocycles. The topological polar surface area (TPSA) is 15.3 Å². The molecule has 1 aliphatic carbocycles. The summed E-state index contributed by atoms with van der Waals surface area (Å²) in [5.41, 5.74) is 5.64. The number of hydrogen-bond donors (Lipinski definition) is 1. The Labute approximate surface area is 129 Å². The van der Waals surface area contributed by atoms with E-state index in [1.807, 2.05) is 0 Å². The summed E-state index contributed by atoms with van der Waals surface area (Å²) < 4.78 is 0. The van der Waals surface area contributed by atoms with Gasteiger partial charge in [0.15, 0.2) is 0 Å². The van der Waals surface area contributed by atoms with E-state index in [1.54, 1.807) is 0 Å². The molecule has 0 saturated heterocycles. The van der Waals surface area contributed by atoms with Crippen LogP contribution >= 0.6 is 0 Å². The zero-order chi connectivity index (χ0) is 15.1. The average molecular weight is 284 g/mol. The Kier molecular flexibility index (Phi) is 5.91. The van der Waals surface area contributed by atoms with E-state index in [4.69, 9.17) is 0 Å². The monoisotopic (exact) mass is 284 g/mol. The van der Waals surface area contributed by atoms with Gasteiger partial charge in [-0.25, -0.2) is 0 Å². The molecule has 0 heterocycles. The Morgan fingerprint density at radius 1 is 0.952 bits per heavy atom. The lowest BCUT2D eigenvalue weighted by molar-refractivity contribution is 0.480. The van der Waals surface area contributed by atoms with Gasteiger partial charge in [0.2, 0.25) is 0 Å². The lowest BCUT2D eigenvalue weighted by Crippen LogP contribution is -2.20. The van der Waals surface area contributed by atoms with E-state index in [9.17, 15) is 0 Å². The third-order valence-electron chi connectivity index (χ3n) is 4.03. The van der Waals surface area contributed by atoms with Crippen molar-refractivity contribution in [2.75, 3.05) is 20.6 Å². The van der Waals surface area contributed by atoms with Crippen LogP contribution in [0.2, 0.25) is 0 Å². The molecule has 0 radical (unpaired) electrons. The summed E-state index contributed by atoms with van der Waals surface area (Å²) in [7, 11) is 4.22. The number of aryl methyl sites for hydroxylation is 1. The first kappa shape index (κ1) is 15.7. The molecule has 2 rings (SSSR count). The van der Waals surface area contributed by atoms with Crippen LogP contribution in [0.4, 0.5) is 0 Å². The van der Waals surface area contributed by atoms with Crippen LogP contribution in [0.3, 0.4) is 0 Å². The minimum Gasteiger partial charge on any atom is -0.388 e. The van der Waals surface area contributed by atoms with Crippen LogP contribution < -0.4 is 5.32 Å². The maximum absolute atomic E-state index is 3.57. The number of nitrogens with one attached hydrogen (secondary N) is 1. The van der Waals surface area contributed by atoms with Gasteiger partial charge < -0.3 is 10.2 Å². The van der Waals surface area contributed by atoms with Crippen molar-refractivity contribution in [1.82, 2.24) is 10.2 Å². The second-order valence-electron chi connectivity index (χ2n) is 5.99. The molecule has 1 aromatic carbocycles. The van der Waals surface area contributed by atoms with E-state index in [2.05, 4.69) is 67.7 Å². The van der Waals surface area contributed by atoms with Gasteiger partial charge in [-0.05, 0) is 49.0 Å². The minimum atomic E-state index is 1.02. The van der Waals surface area contributed by atoms with Crippen LogP contribution in [0.15, 0.2) is 47.8 Å². The van der Waals surface area contributed by atoms with Crippen molar-refractivity contribution in [3.05, 3.63) is 58.9 Å². The molecule has 0 unspecified atom stereocenters. The Bertz CT molecular complexity index is 495. The van der Waals surface area contributed by atoms with Crippen molar-refractivity contribution < 1.29 is 0 Å². The van der Waals surface area contributed by atoms with Gasteiger partial charge >= 0.3 is 0 Å². The summed E-state index contributed by atoms with van der Waals surface area (Å²) in [6.45, 7) is 3.25. The molecule has 0 aromatic heterocycles. The normalized spacial score (nSPS) is 14.4. The SMILES string of the molecule is CCCc1ccc(CCNC2=CC=C(N(C)C)CC2)cc1. The minimum absolute atomic E-state index is 1.02. The fourth-order valence-electron chi connectivity index (χ4n) is 2.67. The highest BCUT2D eigenvalue weighted by molar-refractivity contribution is 5.24. The number of rotatable bonds is 7. The highest BCUT2D eigenvalue weighted by Crippen LogP contribution is 2.17. The van der Waals surface area contributed by atoms with E-state index >= 15 is 0 Å². The Hall–Kier alpha value is -1.70. The smallest absolute Gasteiger partial charge is 0.0184 e. The van der Waals surface area contributed by atoms with Gasteiger partial charge in [-0.3, -0.25) is 0 Å². The van der Waals surface area contributed by atoms with Crippen molar-refractivity contribution in [2.45, 2.75) is 39.0 Å². The first-order valence-electron chi connectivity index (χ1n) is 8.07. The Balaban J connectivity index is 1.77. The van der Waals surface area contributed by atoms with Gasteiger partial charge in [0.05, 0.1) is 0 Å². The molecular formula is C19H28N2. The second kappa shape index (κ2) is 7.92. The summed E-state index contributed by atoms with van der Waals surface area (Å²) in [5.74, 6) is 0. The van der Waals surface area contributed by atoms with E-state index in [0.717, 1.165) is 25.8 Å². The molecular weight excluding hydrogens is 256 g/mol. The van der Waals surface area contributed by atoms with Gasteiger partial charge in [-0.15, -0.1) is 0 Å². The predicted octanol–water partition coefficient (Wildman–Crippen LogP) is 3.89. The molecule has 0 spiro atoms. The molecule has 0 atom stereocenters. The van der Waals surface area contributed by atoms with Crippen LogP contribution in [0.1, 0.15) is 37.3 Å². The fourth-order valence-corrected chi connectivity index (χ4v) is 2.67. The summed E-state index contributed by atoms with van der Waals surface area (Å²) in [4.78, 5) is 2.20. The first-order valence-corrected chi connectivity index (χ1v) is 8.07. The van der Waals surface area contributed by atoms with E-state index in [1.165, 1.54) is 35.4 Å². The zero-order valence-corrected chi connectivity index (χ0v) is 13.7. The quantitative estimate of drug-likeness (QED) is 0.817. The lowest BCUT2D eigenvalue weighted by Gasteiger charge is -2.21. The Morgan fingerprint density at radius 3 is 2.14 bits per heavy atom. The standard InChI is InChI=1S/C19H28N2/c1-4-5-16-6-8-17(9-7-16)14-15-20-18-10-12-19(13-11-18)21(2)3/h6-10,12,20H,4-5,11,13-15H2,1-3H3. The van der Waals surface area contributed by atoms with Crippen molar-refractivity contribution >= 4 is 0 Å². The van der Waals surface area contributed by atoms with Crippen molar-refractivity contribution in [3.8, 4) is 0 Å². The van der Waals surface area contributed by atoms with E-state index < -0.39 is 0 Å². The molecule has 2 heteroatoms. The third-order valence-corrected chi connectivity index (χ3v) is 4.03. The first-order chi connectivity index (χ1) is 10.2. The van der Waals surface area contributed by atoms with Crippen LogP contribution in [0, 0.1) is 0 Å². The number of hydrogen-bond acceptors (Lipinski definition) is 2. The Morgan fingerprint density at radius 2 is 1.62 bits per heavy atom. The molecule has 2 nitrogen and oxygen atoms in total. The molecule has 1 aliphatic rings. The zero-order valence-electron chi connectivity index (χ0n) is 13.7. The summed E-state index contributed by atoms with van der Waals surface area (Å²) >= 11 is 0. The molecule has 1 aromatic rings. The second-order valence-corrected chi connectivity index (χ2v) is 5.99. The average Bonchev–Trinajstić information content (AvgIpc) is 2.50. The maximum Gasteiger partial charge on any atom is 0.0184 e. The van der Waals surface area contributed by atoms with Gasteiger partial charge in [0.25, 0.3) is 0 Å². The molecule has 1 N–H and O–H groups in total. The van der Waals surface area contributed by atoms with Crippen molar-refractivity contribution in [1.29, 1.82) is 0 Å². The molecule has 114 valence electrons. The van der Waals surface area contributed by atoms with Crippen molar-refractivity contribution in [2.24, 2.45) is 0 Å². The molecule has 0 fully saturated rings. The van der Waals surface area contributed by atoms with Crippen molar-refractivity contribution in [3.63, 3.8) is 0 Å². The summed E-state index contributed by atoms with van der Waals surface area (Å²) in [6, 6.07) is 9.08. The van der Waals surface area contributed by atoms with Crippen LogP contribution in [0.5, 0.6) is 0 Å². The number of benzene rings is 1. The summed E-state index contributed by atoms with van der Waals surface area (Å²) in [5, 5.41) is 3.57. The summed E-state index contributed by atoms with van der Waals surface area (Å²) in [6.07, 6.45) is 10.2. The van der Waals surface area contributed by atoms with E-state index in [0.29, 0.717) is 0 Å². The highest BCUT2D eigenvalue weighted by atomic mass is 15.1. The molecule has 21 heavy (non-hydrogen) atoms. The molecule has 0 bridgehead atoms.